The second-order valence-corrected chi connectivity index (χ2v) is 8.04. The summed E-state index contributed by atoms with van der Waals surface area (Å²) in [6.07, 6.45) is 7.79. The minimum atomic E-state index is -1.27. The number of ether oxygens (including phenoxy) is 3. The third kappa shape index (κ3) is 5.81. The van der Waals surface area contributed by atoms with Crippen molar-refractivity contribution >= 4 is 11.7 Å². The lowest BCUT2D eigenvalue weighted by Crippen LogP contribution is -2.48. The maximum absolute atomic E-state index is 11.7. The summed E-state index contributed by atoms with van der Waals surface area (Å²) in [7, 11) is 1.33. The van der Waals surface area contributed by atoms with Gasteiger partial charge < -0.3 is 14.2 Å². The van der Waals surface area contributed by atoms with E-state index in [0.29, 0.717) is 19.8 Å². The topological polar surface area (TPSA) is 66.0 Å². The zero-order chi connectivity index (χ0) is 20.7. The molecule has 0 unspecified atom stereocenters. The molecule has 0 bridgehead atoms. The standard InChI is InChI=1S/C23H33NO5/c1-17(20-12-11-19-9-4-5-10-21(19)14-20)24-29-13-7-6-8-18-15-27-23(2,28-16-18)22(25)26-3/h11-12,14,18,24H,1,4-10,13,15-16H2,2-3H3. The number of fused-ring (bicyclic) bond motifs is 1. The lowest BCUT2D eigenvalue weighted by molar-refractivity contribution is -0.272. The Hall–Kier alpha value is -1.89. The summed E-state index contributed by atoms with van der Waals surface area (Å²) in [5, 5.41) is 0. The molecule has 29 heavy (non-hydrogen) atoms. The Balaban J connectivity index is 1.29. The van der Waals surface area contributed by atoms with Crippen molar-refractivity contribution in [1.82, 2.24) is 5.48 Å². The van der Waals surface area contributed by atoms with Gasteiger partial charge in [0.2, 0.25) is 0 Å². The van der Waals surface area contributed by atoms with E-state index in [1.807, 2.05) is 0 Å². The lowest BCUT2D eigenvalue weighted by Gasteiger charge is -2.35. The van der Waals surface area contributed by atoms with Gasteiger partial charge in [-0.25, -0.2) is 4.79 Å². The molecule has 6 nitrogen and oxygen atoms in total. The highest BCUT2D eigenvalue weighted by atomic mass is 16.7. The Labute approximate surface area is 173 Å². The number of carbonyl (C=O) groups is 1. The number of carbonyl (C=O) groups excluding carboxylic acids is 1. The minimum Gasteiger partial charge on any atom is -0.465 e. The van der Waals surface area contributed by atoms with Crippen molar-refractivity contribution in [2.24, 2.45) is 5.92 Å². The molecule has 1 aromatic rings. The molecule has 2 aliphatic rings. The fourth-order valence-electron chi connectivity index (χ4n) is 3.84. The second-order valence-electron chi connectivity index (χ2n) is 8.04. The van der Waals surface area contributed by atoms with Crippen molar-refractivity contribution in [1.29, 1.82) is 0 Å². The van der Waals surface area contributed by atoms with E-state index in [4.69, 9.17) is 19.0 Å². The molecule has 1 aliphatic carbocycles. The van der Waals surface area contributed by atoms with Crippen molar-refractivity contribution in [3.05, 3.63) is 41.5 Å². The molecule has 160 valence electrons. The first-order chi connectivity index (χ1) is 14.0. The number of nitrogens with one attached hydrogen (secondary N) is 1. The van der Waals surface area contributed by atoms with Crippen LogP contribution in [0.25, 0.3) is 5.70 Å². The van der Waals surface area contributed by atoms with E-state index < -0.39 is 11.8 Å². The number of unbranched alkanes of at least 4 members (excludes halogenated alkanes) is 1. The number of hydrogen-bond donors (Lipinski definition) is 1. The number of rotatable bonds is 9. The SMILES string of the molecule is C=C(NOCCCCC1COC(C)(C(=O)OC)OC1)c1ccc2c(c1)CCCC2. The van der Waals surface area contributed by atoms with E-state index in [1.165, 1.54) is 37.5 Å². The van der Waals surface area contributed by atoms with E-state index in [0.717, 1.165) is 36.9 Å². The van der Waals surface area contributed by atoms with Gasteiger partial charge in [0.15, 0.2) is 0 Å². The monoisotopic (exact) mass is 403 g/mol. The molecule has 0 aromatic heterocycles. The molecule has 0 spiro atoms. The summed E-state index contributed by atoms with van der Waals surface area (Å²) >= 11 is 0. The van der Waals surface area contributed by atoms with Crippen LogP contribution in [0.2, 0.25) is 0 Å². The Bertz CT molecular complexity index is 709. The van der Waals surface area contributed by atoms with Crippen molar-refractivity contribution in [3.8, 4) is 0 Å². The first-order valence-electron chi connectivity index (χ1n) is 10.6. The summed E-state index contributed by atoms with van der Waals surface area (Å²) in [5.74, 6) is -1.48. The summed E-state index contributed by atoms with van der Waals surface area (Å²) in [4.78, 5) is 17.2. The summed E-state index contributed by atoms with van der Waals surface area (Å²) in [5.41, 5.74) is 7.78. The molecule has 0 radical (unpaired) electrons. The predicted octanol–water partition coefficient (Wildman–Crippen LogP) is 3.78. The molecule has 0 atom stereocenters. The third-order valence-electron chi connectivity index (χ3n) is 5.75. The van der Waals surface area contributed by atoms with E-state index in [1.54, 1.807) is 6.92 Å². The number of methoxy groups -OCH3 is 1. The number of hydroxylamine groups is 1. The molecular formula is C23H33NO5. The van der Waals surface area contributed by atoms with E-state index in [-0.39, 0.29) is 5.92 Å². The first kappa shape index (κ1) is 21.8. The zero-order valence-corrected chi connectivity index (χ0v) is 17.6. The van der Waals surface area contributed by atoms with Gasteiger partial charge in [-0.3, -0.25) is 10.3 Å². The quantitative estimate of drug-likeness (QED) is 0.385. The average Bonchev–Trinajstić information content (AvgIpc) is 2.76. The van der Waals surface area contributed by atoms with Gasteiger partial charge in [0.05, 0.1) is 32.6 Å². The molecule has 1 heterocycles. The van der Waals surface area contributed by atoms with Gasteiger partial charge in [0, 0.05) is 12.8 Å². The van der Waals surface area contributed by atoms with Crippen molar-refractivity contribution in [2.45, 2.75) is 57.7 Å². The Morgan fingerprint density at radius 2 is 1.93 bits per heavy atom. The summed E-state index contributed by atoms with van der Waals surface area (Å²) in [6, 6.07) is 6.57. The van der Waals surface area contributed by atoms with Gasteiger partial charge in [-0.2, -0.15) is 0 Å². The predicted molar refractivity (Wildman–Crippen MR) is 111 cm³/mol. The molecule has 1 fully saturated rings. The largest absolute Gasteiger partial charge is 0.465 e. The minimum absolute atomic E-state index is 0.283. The number of hydrogen-bond acceptors (Lipinski definition) is 6. The van der Waals surface area contributed by atoms with Crippen LogP contribution < -0.4 is 5.48 Å². The van der Waals surface area contributed by atoms with Crippen molar-refractivity contribution in [3.63, 3.8) is 0 Å². The van der Waals surface area contributed by atoms with Crippen LogP contribution in [0.4, 0.5) is 0 Å². The van der Waals surface area contributed by atoms with Crippen molar-refractivity contribution in [2.75, 3.05) is 26.9 Å². The van der Waals surface area contributed by atoms with Gasteiger partial charge in [0.1, 0.15) is 0 Å². The van der Waals surface area contributed by atoms with Gasteiger partial charge in [0.25, 0.3) is 5.79 Å². The average molecular weight is 404 g/mol. The molecule has 1 aromatic carbocycles. The number of esters is 1. The second kappa shape index (κ2) is 10.2. The van der Waals surface area contributed by atoms with Gasteiger partial charge in [-0.05, 0) is 61.3 Å². The van der Waals surface area contributed by atoms with Gasteiger partial charge in [-0.15, -0.1) is 0 Å². The van der Waals surface area contributed by atoms with E-state index in [9.17, 15) is 4.79 Å². The fourth-order valence-corrected chi connectivity index (χ4v) is 3.84. The molecular weight excluding hydrogens is 370 g/mol. The fraction of sp³-hybridized carbons (Fsp3) is 0.609. The van der Waals surface area contributed by atoms with E-state index in [2.05, 4.69) is 30.3 Å². The molecule has 0 saturated carbocycles. The highest BCUT2D eigenvalue weighted by Gasteiger charge is 2.41. The molecule has 1 saturated heterocycles. The van der Waals surface area contributed by atoms with Gasteiger partial charge >= 0.3 is 5.97 Å². The van der Waals surface area contributed by atoms with Crippen LogP contribution in [0.3, 0.4) is 0 Å². The van der Waals surface area contributed by atoms with Crippen LogP contribution >= 0.6 is 0 Å². The van der Waals surface area contributed by atoms with Crippen LogP contribution in [0, 0.1) is 5.92 Å². The maximum atomic E-state index is 11.7. The lowest BCUT2D eigenvalue weighted by atomic mass is 9.90. The highest BCUT2D eigenvalue weighted by Crippen LogP contribution is 2.26. The van der Waals surface area contributed by atoms with Crippen molar-refractivity contribution < 1.29 is 23.8 Å². The van der Waals surface area contributed by atoms with Gasteiger partial charge in [-0.1, -0.05) is 25.1 Å². The molecule has 1 aliphatic heterocycles. The number of benzene rings is 1. The molecule has 0 amide bonds. The zero-order valence-electron chi connectivity index (χ0n) is 17.6. The van der Waals surface area contributed by atoms with E-state index >= 15 is 0 Å². The van der Waals surface area contributed by atoms with Crippen LogP contribution in [-0.4, -0.2) is 38.7 Å². The van der Waals surface area contributed by atoms with Crippen LogP contribution in [-0.2, 0) is 36.7 Å². The highest BCUT2D eigenvalue weighted by molar-refractivity contribution is 5.77. The Morgan fingerprint density at radius 1 is 1.21 bits per heavy atom. The Morgan fingerprint density at radius 3 is 2.66 bits per heavy atom. The Kier molecular flexibility index (Phi) is 7.70. The van der Waals surface area contributed by atoms with Crippen LogP contribution in [0.1, 0.15) is 55.7 Å². The number of aryl methyl sites for hydroxylation is 2. The smallest absolute Gasteiger partial charge is 0.366 e. The molecule has 1 N–H and O–H groups in total. The molecule has 6 heteroatoms. The first-order valence-corrected chi connectivity index (χ1v) is 10.6. The van der Waals surface area contributed by atoms with Crippen LogP contribution in [0.5, 0.6) is 0 Å². The third-order valence-corrected chi connectivity index (χ3v) is 5.75. The summed E-state index contributed by atoms with van der Waals surface area (Å²) in [6.45, 7) is 7.30. The summed E-state index contributed by atoms with van der Waals surface area (Å²) < 4.78 is 15.9. The normalized spacial score (nSPS) is 23.9. The van der Waals surface area contributed by atoms with Crippen LogP contribution in [0.15, 0.2) is 24.8 Å². The maximum Gasteiger partial charge on any atom is 0.366 e. The molecule has 3 rings (SSSR count).